The first kappa shape index (κ1) is 26.4. The van der Waals surface area contributed by atoms with Crippen LogP contribution in [0.3, 0.4) is 0 Å². The number of methoxy groups -OCH3 is 2. The third kappa shape index (κ3) is 6.41. The number of ether oxygens (including phenoxy) is 5. The van der Waals surface area contributed by atoms with E-state index in [4.69, 9.17) is 23.7 Å². The molecule has 0 aromatic heterocycles. The van der Waals surface area contributed by atoms with Gasteiger partial charge in [0.2, 0.25) is 0 Å². The fourth-order valence-corrected chi connectivity index (χ4v) is 5.31. The lowest BCUT2D eigenvalue weighted by atomic mass is 9.85. The van der Waals surface area contributed by atoms with Crippen LogP contribution in [0, 0.1) is 0 Å². The first-order valence-electron chi connectivity index (χ1n) is 13.4. The molecule has 2 aliphatic heterocycles. The molecular formula is C31H38N2O5. The molecule has 3 unspecified atom stereocenters. The smallest absolute Gasteiger partial charge is 0.142 e. The zero-order valence-corrected chi connectivity index (χ0v) is 22.3. The third-order valence-electron chi connectivity index (χ3n) is 7.25. The molecule has 0 saturated carbocycles. The van der Waals surface area contributed by atoms with Crippen LogP contribution in [0.5, 0.6) is 17.2 Å². The van der Waals surface area contributed by atoms with Crippen LogP contribution in [0.15, 0.2) is 72.8 Å². The SMILES string of the molecule is COCCCN1CCOc2ccc(COC3CNCC(Oc4ccccc4)C3c3ccc(OC)cc3)cc21. The minimum absolute atomic E-state index is 0.0593. The fraction of sp³-hybridized carbons (Fsp3) is 0.419. The van der Waals surface area contributed by atoms with Crippen molar-refractivity contribution in [2.24, 2.45) is 0 Å². The predicted octanol–water partition coefficient (Wildman–Crippen LogP) is 4.65. The summed E-state index contributed by atoms with van der Waals surface area (Å²) in [6.07, 6.45) is 0.852. The van der Waals surface area contributed by atoms with Crippen molar-refractivity contribution in [3.8, 4) is 17.2 Å². The van der Waals surface area contributed by atoms with E-state index in [9.17, 15) is 0 Å². The number of anilines is 1. The van der Waals surface area contributed by atoms with Crippen LogP contribution in [0.2, 0.25) is 0 Å². The summed E-state index contributed by atoms with van der Waals surface area (Å²) in [4.78, 5) is 2.38. The van der Waals surface area contributed by atoms with E-state index in [2.05, 4.69) is 40.5 Å². The van der Waals surface area contributed by atoms with Crippen LogP contribution in [0.1, 0.15) is 23.5 Å². The summed E-state index contributed by atoms with van der Waals surface area (Å²) in [7, 11) is 3.44. The highest BCUT2D eigenvalue weighted by Crippen LogP contribution is 2.35. The van der Waals surface area contributed by atoms with E-state index in [1.165, 1.54) is 5.56 Å². The second-order valence-electron chi connectivity index (χ2n) is 9.76. The molecule has 38 heavy (non-hydrogen) atoms. The zero-order chi connectivity index (χ0) is 26.2. The highest BCUT2D eigenvalue weighted by Gasteiger charge is 2.37. The van der Waals surface area contributed by atoms with Gasteiger partial charge in [0.25, 0.3) is 0 Å². The van der Waals surface area contributed by atoms with Crippen LogP contribution < -0.4 is 24.4 Å². The molecule has 202 valence electrons. The molecule has 7 heteroatoms. The molecule has 1 N–H and O–H groups in total. The van der Waals surface area contributed by atoms with Crippen molar-refractivity contribution in [1.82, 2.24) is 5.32 Å². The van der Waals surface area contributed by atoms with Crippen molar-refractivity contribution in [2.75, 3.05) is 58.5 Å². The summed E-state index contributed by atoms with van der Waals surface area (Å²) in [6.45, 7) is 5.29. The van der Waals surface area contributed by atoms with Gasteiger partial charge in [0, 0.05) is 39.3 Å². The van der Waals surface area contributed by atoms with Gasteiger partial charge in [-0.3, -0.25) is 0 Å². The van der Waals surface area contributed by atoms with Crippen LogP contribution in [-0.4, -0.2) is 65.8 Å². The van der Waals surface area contributed by atoms with Crippen molar-refractivity contribution in [2.45, 2.75) is 31.2 Å². The zero-order valence-electron chi connectivity index (χ0n) is 22.3. The molecule has 0 radical (unpaired) electrons. The van der Waals surface area contributed by atoms with E-state index in [1.54, 1.807) is 14.2 Å². The Labute approximate surface area is 225 Å². The molecule has 7 nitrogen and oxygen atoms in total. The van der Waals surface area contributed by atoms with E-state index in [1.807, 2.05) is 42.5 Å². The molecule has 2 aliphatic rings. The fourth-order valence-electron chi connectivity index (χ4n) is 5.31. The van der Waals surface area contributed by atoms with Crippen LogP contribution in [-0.2, 0) is 16.1 Å². The average Bonchev–Trinajstić information content (AvgIpc) is 2.97. The summed E-state index contributed by atoms with van der Waals surface area (Å²) in [5.41, 5.74) is 3.44. The molecular weight excluding hydrogens is 480 g/mol. The van der Waals surface area contributed by atoms with Gasteiger partial charge < -0.3 is 33.9 Å². The number of hydrogen-bond acceptors (Lipinski definition) is 7. The van der Waals surface area contributed by atoms with E-state index in [0.717, 1.165) is 67.7 Å². The second kappa shape index (κ2) is 13.0. The highest BCUT2D eigenvalue weighted by atomic mass is 16.5. The third-order valence-corrected chi connectivity index (χ3v) is 7.25. The van der Waals surface area contributed by atoms with Gasteiger partial charge in [-0.2, -0.15) is 0 Å². The minimum atomic E-state index is -0.0715. The molecule has 5 rings (SSSR count). The number of nitrogens with zero attached hydrogens (tertiary/aromatic N) is 1. The Balaban J connectivity index is 1.33. The molecule has 0 bridgehead atoms. The van der Waals surface area contributed by atoms with Gasteiger partial charge in [-0.15, -0.1) is 0 Å². The van der Waals surface area contributed by atoms with Crippen LogP contribution >= 0.6 is 0 Å². The number of nitrogens with one attached hydrogen (secondary N) is 1. The molecule has 3 atom stereocenters. The van der Waals surface area contributed by atoms with Gasteiger partial charge in [0.1, 0.15) is 30.0 Å². The Kier molecular flexibility index (Phi) is 9.02. The van der Waals surface area contributed by atoms with E-state index in [0.29, 0.717) is 13.2 Å². The number of hydrogen-bond donors (Lipinski definition) is 1. The maximum Gasteiger partial charge on any atom is 0.142 e. The molecule has 0 aliphatic carbocycles. The molecule has 0 amide bonds. The van der Waals surface area contributed by atoms with E-state index >= 15 is 0 Å². The van der Waals surface area contributed by atoms with Gasteiger partial charge >= 0.3 is 0 Å². The van der Waals surface area contributed by atoms with Gasteiger partial charge in [-0.05, 0) is 53.9 Å². The van der Waals surface area contributed by atoms with E-state index < -0.39 is 0 Å². The molecule has 1 fully saturated rings. The molecule has 0 spiro atoms. The number of piperidine rings is 1. The topological polar surface area (TPSA) is 61.4 Å². The quantitative estimate of drug-likeness (QED) is 0.371. The molecule has 2 heterocycles. The second-order valence-corrected chi connectivity index (χ2v) is 9.76. The van der Waals surface area contributed by atoms with Crippen molar-refractivity contribution < 1.29 is 23.7 Å². The summed E-state index contributed by atoms with van der Waals surface area (Å²) >= 11 is 0. The normalized spacial score (nSPS) is 20.9. The standard InChI is InChI=1S/C31H38N2O5/c1-34-17-6-15-33-16-18-36-28-14-9-23(19-27(28)33)22-37-29-20-32-21-30(38-26-7-4-3-5-8-26)31(29)24-10-12-25(35-2)13-11-24/h3-5,7-14,19,29-32H,6,15-18,20-22H2,1-2H3. The maximum atomic E-state index is 6.63. The van der Waals surface area contributed by atoms with Crippen LogP contribution in [0.4, 0.5) is 5.69 Å². The number of fused-ring (bicyclic) bond motifs is 1. The van der Waals surface area contributed by atoms with Crippen LogP contribution in [0.25, 0.3) is 0 Å². The van der Waals surface area contributed by atoms with Crippen molar-refractivity contribution in [3.05, 3.63) is 83.9 Å². The van der Waals surface area contributed by atoms with Crippen molar-refractivity contribution >= 4 is 5.69 Å². The van der Waals surface area contributed by atoms with Crippen molar-refractivity contribution in [3.63, 3.8) is 0 Å². The number of rotatable bonds is 11. The largest absolute Gasteiger partial charge is 0.497 e. The minimum Gasteiger partial charge on any atom is -0.497 e. The highest BCUT2D eigenvalue weighted by molar-refractivity contribution is 5.61. The first-order chi connectivity index (χ1) is 18.7. The first-order valence-corrected chi connectivity index (χ1v) is 13.4. The molecule has 3 aromatic rings. The Morgan fingerprint density at radius 3 is 2.53 bits per heavy atom. The summed E-state index contributed by atoms with van der Waals surface area (Å²) < 4.78 is 29.7. The lowest BCUT2D eigenvalue weighted by molar-refractivity contribution is -0.0259. The predicted molar refractivity (Wildman–Crippen MR) is 149 cm³/mol. The number of para-hydroxylation sites is 1. The van der Waals surface area contributed by atoms with Gasteiger partial charge in [0.05, 0.1) is 32.1 Å². The maximum absolute atomic E-state index is 6.63. The Morgan fingerprint density at radius 1 is 0.921 bits per heavy atom. The Bertz CT molecular complexity index is 1140. The lowest BCUT2D eigenvalue weighted by Crippen LogP contribution is -2.51. The van der Waals surface area contributed by atoms with Gasteiger partial charge in [-0.1, -0.05) is 36.4 Å². The molecule has 1 saturated heterocycles. The summed E-state index contributed by atoms with van der Waals surface area (Å²) in [5.74, 6) is 2.70. The van der Waals surface area contributed by atoms with Gasteiger partial charge in [0.15, 0.2) is 0 Å². The van der Waals surface area contributed by atoms with Crippen molar-refractivity contribution in [1.29, 1.82) is 0 Å². The Hall–Kier alpha value is -3.26. The number of benzene rings is 3. The van der Waals surface area contributed by atoms with Gasteiger partial charge in [-0.25, -0.2) is 0 Å². The lowest BCUT2D eigenvalue weighted by Gasteiger charge is -2.39. The Morgan fingerprint density at radius 2 is 1.74 bits per heavy atom. The molecule has 3 aromatic carbocycles. The average molecular weight is 519 g/mol. The summed E-state index contributed by atoms with van der Waals surface area (Å²) in [6, 6.07) is 24.7. The van der Waals surface area contributed by atoms with E-state index in [-0.39, 0.29) is 18.1 Å². The monoisotopic (exact) mass is 518 g/mol. The summed E-state index contributed by atoms with van der Waals surface area (Å²) in [5, 5.41) is 3.53.